The first-order valence-corrected chi connectivity index (χ1v) is 4.21. The van der Waals surface area contributed by atoms with Crippen molar-refractivity contribution >= 4 is 5.97 Å². The monoisotopic (exact) mass is 208 g/mol. The van der Waals surface area contributed by atoms with E-state index in [0.29, 0.717) is 13.1 Å². The Labute approximate surface area is 84.2 Å². The van der Waals surface area contributed by atoms with Crippen molar-refractivity contribution in [1.29, 1.82) is 0 Å². The fraction of sp³-hybridized carbons (Fsp3) is 0.286. The summed E-state index contributed by atoms with van der Waals surface area (Å²) in [4.78, 5) is 10.5. The van der Waals surface area contributed by atoms with Crippen LogP contribution in [-0.4, -0.2) is 40.8 Å². The van der Waals surface area contributed by atoms with Crippen LogP contribution in [0.5, 0.6) is 0 Å². The number of nitrogens with zero attached hydrogens (tertiary/aromatic N) is 6. The molecule has 1 N–H and O–H groups in total. The zero-order valence-corrected chi connectivity index (χ0v) is 7.69. The van der Waals surface area contributed by atoms with Crippen molar-refractivity contribution in [2.24, 2.45) is 0 Å². The summed E-state index contributed by atoms with van der Waals surface area (Å²) in [6, 6.07) is 0. The zero-order valence-electron chi connectivity index (χ0n) is 7.69. The van der Waals surface area contributed by atoms with Gasteiger partial charge in [-0.3, -0.25) is 0 Å². The van der Waals surface area contributed by atoms with Crippen molar-refractivity contribution in [3.05, 3.63) is 24.5 Å². The van der Waals surface area contributed by atoms with E-state index in [0.717, 1.165) is 0 Å². The van der Waals surface area contributed by atoms with Gasteiger partial charge in [-0.25, -0.2) is 9.48 Å². The summed E-state index contributed by atoms with van der Waals surface area (Å²) in [6.07, 6.45) is 4.54. The van der Waals surface area contributed by atoms with Gasteiger partial charge in [-0.05, 0) is 0 Å². The van der Waals surface area contributed by atoms with E-state index in [1.807, 2.05) is 0 Å². The molecule has 15 heavy (non-hydrogen) atoms. The number of carboxylic acid groups (broad SMARTS) is 1. The average molecular weight is 208 g/mol. The molecule has 2 aromatic rings. The maximum absolute atomic E-state index is 10.5. The van der Waals surface area contributed by atoms with Crippen molar-refractivity contribution in [1.82, 2.24) is 29.8 Å². The molecule has 0 saturated heterocycles. The lowest BCUT2D eigenvalue weighted by Gasteiger charge is -1.99. The molecule has 2 rings (SSSR count). The van der Waals surface area contributed by atoms with E-state index < -0.39 is 5.97 Å². The lowest BCUT2D eigenvalue weighted by Crippen LogP contribution is -2.06. The molecule has 8 nitrogen and oxygen atoms in total. The van der Waals surface area contributed by atoms with Gasteiger partial charge in [-0.15, -0.1) is 15.3 Å². The van der Waals surface area contributed by atoms with Crippen molar-refractivity contribution in [3.8, 4) is 0 Å². The maximum atomic E-state index is 10.5. The largest absolute Gasteiger partial charge is 0.476 e. The van der Waals surface area contributed by atoms with E-state index in [2.05, 4.69) is 20.5 Å². The van der Waals surface area contributed by atoms with Crippen molar-refractivity contribution in [2.45, 2.75) is 13.1 Å². The van der Waals surface area contributed by atoms with E-state index in [4.69, 9.17) is 5.11 Å². The molecular formula is C7H8N6O2. The quantitative estimate of drug-likeness (QED) is 0.711. The first-order chi connectivity index (χ1) is 7.25. The molecule has 0 bridgehead atoms. The summed E-state index contributed by atoms with van der Waals surface area (Å²) in [5.41, 5.74) is -0.0567. The van der Waals surface area contributed by atoms with Crippen LogP contribution in [0.4, 0.5) is 0 Å². The molecule has 0 amide bonds. The lowest BCUT2D eigenvalue weighted by molar-refractivity contribution is 0.0690. The predicted molar refractivity (Wildman–Crippen MR) is 47.0 cm³/mol. The van der Waals surface area contributed by atoms with Crippen LogP contribution in [0.25, 0.3) is 0 Å². The summed E-state index contributed by atoms with van der Waals surface area (Å²) in [6.45, 7) is 1.15. The van der Waals surface area contributed by atoms with Crippen LogP contribution in [-0.2, 0) is 13.1 Å². The third-order valence-electron chi connectivity index (χ3n) is 1.81. The Morgan fingerprint density at radius 3 is 2.67 bits per heavy atom. The first kappa shape index (κ1) is 9.31. The van der Waals surface area contributed by atoms with Gasteiger partial charge < -0.3 is 9.67 Å². The van der Waals surface area contributed by atoms with Crippen LogP contribution in [0.15, 0.2) is 18.9 Å². The van der Waals surface area contributed by atoms with Crippen LogP contribution < -0.4 is 0 Å². The normalized spacial score (nSPS) is 10.4. The van der Waals surface area contributed by atoms with E-state index in [9.17, 15) is 4.79 Å². The first-order valence-electron chi connectivity index (χ1n) is 4.21. The Morgan fingerprint density at radius 2 is 2.07 bits per heavy atom. The van der Waals surface area contributed by atoms with Crippen LogP contribution in [0.2, 0.25) is 0 Å². The minimum atomic E-state index is -1.08. The molecule has 0 saturated carbocycles. The molecule has 0 radical (unpaired) electrons. The van der Waals surface area contributed by atoms with E-state index in [-0.39, 0.29) is 5.69 Å². The highest BCUT2D eigenvalue weighted by atomic mass is 16.4. The number of aromatic nitrogens is 6. The molecule has 0 aliphatic heterocycles. The van der Waals surface area contributed by atoms with Gasteiger partial charge >= 0.3 is 5.97 Å². The van der Waals surface area contributed by atoms with Crippen LogP contribution in [0, 0.1) is 0 Å². The maximum Gasteiger partial charge on any atom is 0.358 e. The molecule has 0 aromatic carbocycles. The van der Waals surface area contributed by atoms with Gasteiger partial charge in [0, 0.05) is 6.54 Å². The Bertz CT molecular complexity index is 448. The molecule has 0 atom stereocenters. The van der Waals surface area contributed by atoms with Gasteiger partial charge in [0.15, 0.2) is 5.69 Å². The van der Waals surface area contributed by atoms with Crippen LogP contribution in [0.3, 0.4) is 0 Å². The van der Waals surface area contributed by atoms with Gasteiger partial charge in [0.25, 0.3) is 0 Å². The summed E-state index contributed by atoms with van der Waals surface area (Å²) in [5, 5.41) is 23.0. The highest BCUT2D eigenvalue weighted by molar-refractivity contribution is 5.84. The highest BCUT2D eigenvalue weighted by Gasteiger charge is 2.07. The Morgan fingerprint density at radius 1 is 1.33 bits per heavy atom. The minimum absolute atomic E-state index is 0.0567. The number of carboxylic acids is 1. The fourth-order valence-electron chi connectivity index (χ4n) is 1.06. The smallest absolute Gasteiger partial charge is 0.358 e. The van der Waals surface area contributed by atoms with E-state index in [1.54, 1.807) is 17.2 Å². The van der Waals surface area contributed by atoms with Crippen LogP contribution in [0.1, 0.15) is 10.5 Å². The second-order valence-corrected chi connectivity index (χ2v) is 2.87. The number of rotatable bonds is 4. The Kier molecular flexibility index (Phi) is 2.40. The molecule has 78 valence electrons. The number of aryl methyl sites for hydroxylation is 2. The van der Waals surface area contributed by atoms with Crippen molar-refractivity contribution < 1.29 is 9.90 Å². The van der Waals surface area contributed by atoms with Crippen LogP contribution >= 0.6 is 0 Å². The summed E-state index contributed by atoms with van der Waals surface area (Å²) in [5.74, 6) is -1.08. The van der Waals surface area contributed by atoms with Gasteiger partial charge in [-0.1, -0.05) is 5.21 Å². The average Bonchev–Trinajstić information content (AvgIpc) is 2.86. The molecule has 0 aliphatic carbocycles. The van der Waals surface area contributed by atoms with Gasteiger partial charge in [-0.2, -0.15) is 0 Å². The molecular weight excluding hydrogens is 200 g/mol. The van der Waals surface area contributed by atoms with E-state index >= 15 is 0 Å². The molecule has 2 aromatic heterocycles. The predicted octanol–water partition coefficient (Wildman–Crippen LogP) is -0.732. The second-order valence-electron chi connectivity index (χ2n) is 2.87. The van der Waals surface area contributed by atoms with Crippen molar-refractivity contribution in [2.75, 3.05) is 0 Å². The van der Waals surface area contributed by atoms with Gasteiger partial charge in [0.05, 0.1) is 12.7 Å². The molecule has 0 spiro atoms. The number of hydrogen-bond donors (Lipinski definition) is 1. The van der Waals surface area contributed by atoms with Gasteiger partial charge in [0.1, 0.15) is 12.7 Å². The van der Waals surface area contributed by atoms with Crippen molar-refractivity contribution in [3.63, 3.8) is 0 Å². The molecule has 2 heterocycles. The topological polar surface area (TPSA) is 98.7 Å². The Hall–Kier alpha value is -2.25. The Balaban J connectivity index is 1.96. The van der Waals surface area contributed by atoms with E-state index in [1.165, 1.54) is 10.9 Å². The molecule has 0 fully saturated rings. The summed E-state index contributed by atoms with van der Waals surface area (Å²) < 4.78 is 3.23. The highest BCUT2D eigenvalue weighted by Crippen LogP contribution is 1.93. The van der Waals surface area contributed by atoms with Gasteiger partial charge in [0.2, 0.25) is 0 Å². The zero-order chi connectivity index (χ0) is 10.7. The molecule has 0 unspecified atom stereocenters. The fourth-order valence-corrected chi connectivity index (χ4v) is 1.06. The second kappa shape index (κ2) is 3.86. The third-order valence-corrected chi connectivity index (χ3v) is 1.81. The summed E-state index contributed by atoms with van der Waals surface area (Å²) >= 11 is 0. The number of hydrogen-bond acceptors (Lipinski definition) is 5. The third kappa shape index (κ3) is 2.16. The molecule has 0 aliphatic rings. The number of aromatic carboxylic acids is 1. The SMILES string of the molecule is O=C(O)c1cn(CCn2cnnc2)nn1. The lowest BCUT2D eigenvalue weighted by atomic mass is 10.5. The standard InChI is InChI=1S/C7H8N6O2/c14-7(15)6-3-13(11-10-6)2-1-12-4-8-9-5-12/h3-5H,1-2H2,(H,14,15). The minimum Gasteiger partial charge on any atom is -0.476 e. The number of carbonyl (C=O) groups is 1. The summed E-state index contributed by atoms with van der Waals surface area (Å²) in [7, 11) is 0. The molecule has 8 heteroatoms.